The van der Waals surface area contributed by atoms with Crippen LogP contribution in [-0.4, -0.2) is 11.1 Å². The van der Waals surface area contributed by atoms with Gasteiger partial charge in [-0.2, -0.15) is 0 Å². The van der Waals surface area contributed by atoms with Crippen molar-refractivity contribution in [2.75, 3.05) is 0 Å². The van der Waals surface area contributed by atoms with Gasteiger partial charge in [-0.05, 0) is 40.3 Å². The van der Waals surface area contributed by atoms with Crippen LogP contribution in [0, 0.1) is 9.39 Å². The molecule has 1 aromatic carbocycles. The normalized spacial score (nSPS) is 10.1. The first-order chi connectivity index (χ1) is 6.06. The van der Waals surface area contributed by atoms with Crippen molar-refractivity contribution in [3.8, 4) is 0 Å². The highest BCUT2D eigenvalue weighted by Crippen LogP contribution is 2.21. The lowest BCUT2D eigenvalue weighted by atomic mass is 10.1. The van der Waals surface area contributed by atoms with Gasteiger partial charge in [0.05, 0.1) is 5.56 Å². The third kappa shape index (κ3) is 2.40. The number of halogens is 3. The van der Waals surface area contributed by atoms with Crippen molar-refractivity contribution in [3.63, 3.8) is 0 Å². The van der Waals surface area contributed by atoms with E-state index in [-0.39, 0.29) is 5.56 Å². The first-order valence-corrected chi connectivity index (χ1v) is 5.53. The van der Waals surface area contributed by atoms with Crippen molar-refractivity contribution in [1.82, 2.24) is 0 Å². The van der Waals surface area contributed by atoms with Crippen LogP contribution < -0.4 is 0 Å². The second kappa shape index (κ2) is 4.36. The first-order valence-electron chi connectivity index (χ1n) is 3.33. The summed E-state index contributed by atoms with van der Waals surface area (Å²) in [5.74, 6) is -1.44. The minimum atomic E-state index is -1.03. The predicted molar refractivity (Wildman–Crippen MR) is 58.7 cm³/mol. The molecule has 70 valence electrons. The second-order valence-electron chi connectivity index (χ2n) is 2.36. The Kier molecular flexibility index (Phi) is 3.66. The number of benzene rings is 1. The Morgan fingerprint density at radius 1 is 1.62 bits per heavy atom. The van der Waals surface area contributed by atoms with Gasteiger partial charge >= 0.3 is 5.97 Å². The Morgan fingerprint density at radius 2 is 2.23 bits per heavy atom. The van der Waals surface area contributed by atoms with Crippen LogP contribution in [0.1, 0.15) is 15.9 Å². The molecule has 1 N–H and O–H groups in total. The number of hydrogen-bond acceptors (Lipinski definition) is 1. The molecule has 2 nitrogen and oxygen atoms in total. The lowest BCUT2D eigenvalue weighted by Gasteiger charge is -2.04. The molecule has 13 heavy (non-hydrogen) atoms. The summed E-state index contributed by atoms with van der Waals surface area (Å²) < 4.78 is 13.3. The Hall–Kier alpha value is -0.170. The molecule has 0 heterocycles. The predicted octanol–water partition coefficient (Wildman–Crippen LogP) is 3.02. The summed E-state index contributed by atoms with van der Waals surface area (Å²) in [4.78, 5) is 10.8. The van der Waals surface area contributed by atoms with Gasteiger partial charge in [0.25, 0.3) is 0 Å². The van der Waals surface area contributed by atoms with Crippen molar-refractivity contribution >= 4 is 44.5 Å². The van der Waals surface area contributed by atoms with E-state index >= 15 is 0 Å². The first kappa shape index (κ1) is 10.9. The van der Waals surface area contributed by atoms with Crippen LogP contribution >= 0.6 is 38.5 Å². The number of hydrogen-bond donors (Lipinski definition) is 1. The van der Waals surface area contributed by atoms with Crippen molar-refractivity contribution in [3.05, 3.63) is 32.6 Å². The maximum absolute atomic E-state index is 12.8. The molecule has 0 atom stereocenters. The van der Waals surface area contributed by atoms with E-state index in [0.717, 1.165) is 0 Å². The standard InChI is InChI=1S/C8H5BrFIO2/c9-3-4-1-5(10)2-6(11)7(4)8(12)13/h1-2H,3H2,(H,12,13). The topological polar surface area (TPSA) is 37.3 Å². The number of carbonyl (C=O) groups is 1. The molecule has 0 saturated heterocycles. The molecule has 0 saturated carbocycles. The third-order valence-electron chi connectivity index (χ3n) is 1.49. The summed E-state index contributed by atoms with van der Waals surface area (Å²) >= 11 is 4.92. The maximum Gasteiger partial charge on any atom is 0.337 e. The Balaban J connectivity index is 3.38. The van der Waals surface area contributed by atoms with E-state index in [9.17, 15) is 9.18 Å². The van der Waals surface area contributed by atoms with Crippen molar-refractivity contribution in [2.24, 2.45) is 0 Å². The van der Waals surface area contributed by atoms with Crippen molar-refractivity contribution in [1.29, 1.82) is 0 Å². The molecule has 0 unspecified atom stereocenters. The summed E-state index contributed by atoms with van der Waals surface area (Å²) in [5.41, 5.74) is 0.621. The fraction of sp³-hybridized carbons (Fsp3) is 0.125. The summed E-state index contributed by atoms with van der Waals surface area (Å²) in [7, 11) is 0. The molecule has 0 aliphatic rings. The van der Waals surface area contributed by atoms with Crippen molar-refractivity contribution in [2.45, 2.75) is 5.33 Å². The molecular weight excluding hydrogens is 354 g/mol. The van der Waals surface area contributed by atoms with Gasteiger partial charge < -0.3 is 5.11 Å². The molecule has 1 aromatic rings. The maximum atomic E-state index is 12.8. The summed E-state index contributed by atoms with van der Waals surface area (Å²) in [6, 6.07) is 2.43. The average Bonchev–Trinajstić information content (AvgIpc) is 2.01. The van der Waals surface area contributed by atoms with Gasteiger partial charge in [-0.25, -0.2) is 9.18 Å². The summed E-state index contributed by atoms with van der Waals surface area (Å²) in [5, 5.41) is 9.16. The molecule has 0 aromatic heterocycles. The molecular formula is C8H5BrFIO2. The average molecular weight is 359 g/mol. The molecule has 0 fully saturated rings. The molecule has 0 amide bonds. The largest absolute Gasteiger partial charge is 0.478 e. The number of carboxylic acids is 1. The monoisotopic (exact) mass is 358 g/mol. The minimum Gasteiger partial charge on any atom is -0.478 e. The van der Waals surface area contributed by atoms with Gasteiger partial charge in [-0.1, -0.05) is 15.9 Å². The van der Waals surface area contributed by atoms with Gasteiger partial charge in [-0.3, -0.25) is 0 Å². The molecule has 0 radical (unpaired) electrons. The van der Waals surface area contributed by atoms with E-state index in [2.05, 4.69) is 15.9 Å². The second-order valence-corrected chi connectivity index (χ2v) is 4.08. The molecule has 0 spiro atoms. The van der Waals surface area contributed by atoms with Crippen LogP contribution in [0.15, 0.2) is 12.1 Å². The third-order valence-corrected chi connectivity index (χ3v) is 2.95. The molecule has 0 aliphatic carbocycles. The van der Waals surface area contributed by atoms with Crippen LogP contribution in [0.2, 0.25) is 0 Å². The highest BCUT2D eigenvalue weighted by molar-refractivity contribution is 14.1. The van der Waals surface area contributed by atoms with Crippen LogP contribution in [-0.2, 0) is 5.33 Å². The highest BCUT2D eigenvalue weighted by atomic mass is 127. The van der Waals surface area contributed by atoms with E-state index < -0.39 is 11.8 Å². The van der Waals surface area contributed by atoms with E-state index in [0.29, 0.717) is 14.5 Å². The fourth-order valence-electron chi connectivity index (χ4n) is 0.972. The van der Waals surface area contributed by atoms with Crippen molar-refractivity contribution < 1.29 is 14.3 Å². The Labute approximate surface area is 96.4 Å². The highest BCUT2D eigenvalue weighted by Gasteiger charge is 2.14. The number of alkyl halides is 1. The van der Waals surface area contributed by atoms with Crippen LogP contribution in [0.4, 0.5) is 4.39 Å². The Morgan fingerprint density at radius 3 is 2.69 bits per heavy atom. The van der Waals surface area contributed by atoms with E-state index in [1.165, 1.54) is 12.1 Å². The smallest absolute Gasteiger partial charge is 0.337 e. The lowest BCUT2D eigenvalue weighted by Crippen LogP contribution is -2.05. The zero-order valence-corrected chi connectivity index (χ0v) is 10.1. The van der Waals surface area contributed by atoms with E-state index in [1.54, 1.807) is 0 Å². The van der Waals surface area contributed by atoms with Gasteiger partial charge in [0.15, 0.2) is 0 Å². The van der Waals surface area contributed by atoms with Gasteiger partial charge in [0.1, 0.15) is 5.82 Å². The number of aromatic carboxylic acids is 1. The summed E-state index contributed by atoms with van der Waals surface area (Å²) in [6.45, 7) is 0. The van der Waals surface area contributed by atoms with Crippen LogP contribution in [0.5, 0.6) is 0 Å². The molecule has 0 aliphatic heterocycles. The SMILES string of the molecule is O=C(O)c1c(I)cc(F)cc1CBr. The van der Waals surface area contributed by atoms with Gasteiger partial charge in [-0.15, -0.1) is 0 Å². The zero-order chi connectivity index (χ0) is 10.0. The molecule has 5 heteroatoms. The minimum absolute atomic E-state index is 0.166. The van der Waals surface area contributed by atoms with E-state index in [1.807, 2.05) is 22.6 Å². The van der Waals surface area contributed by atoms with Gasteiger partial charge in [0, 0.05) is 8.90 Å². The zero-order valence-electron chi connectivity index (χ0n) is 6.35. The fourth-order valence-corrected chi connectivity index (χ4v) is 2.29. The molecule has 1 rings (SSSR count). The number of carboxylic acid groups (broad SMARTS) is 1. The van der Waals surface area contributed by atoms with Crippen LogP contribution in [0.25, 0.3) is 0 Å². The number of rotatable bonds is 2. The van der Waals surface area contributed by atoms with Gasteiger partial charge in [0.2, 0.25) is 0 Å². The molecule has 0 bridgehead atoms. The van der Waals surface area contributed by atoms with E-state index in [4.69, 9.17) is 5.11 Å². The van der Waals surface area contributed by atoms with Crippen LogP contribution in [0.3, 0.4) is 0 Å². The Bertz CT molecular complexity index is 354. The lowest BCUT2D eigenvalue weighted by molar-refractivity contribution is 0.0695. The quantitative estimate of drug-likeness (QED) is 0.651. The summed E-state index contributed by atoms with van der Waals surface area (Å²) in [6.07, 6.45) is 0.